The molecule has 3 heterocycles. The number of anilines is 1. The number of imidazole rings is 1. The monoisotopic (exact) mass is 395 g/mol. The van der Waals surface area contributed by atoms with Crippen molar-refractivity contribution in [3.8, 4) is 17.0 Å². The summed E-state index contributed by atoms with van der Waals surface area (Å²) in [7, 11) is 1.83. The maximum absolute atomic E-state index is 12.5. The Hall–Kier alpha value is -3.13. The van der Waals surface area contributed by atoms with Gasteiger partial charge in [-0.25, -0.2) is 9.97 Å². The lowest BCUT2D eigenvalue weighted by Crippen LogP contribution is -2.18. The van der Waals surface area contributed by atoms with E-state index in [1.807, 2.05) is 25.4 Å². The Morgan fingerprint density at radius 3 is 2.79 bits per heavy atom. The van der Waals surface area contributed by atoms with Crippen LogP contribution in [0.1, 0.15) is 16.8 Å². The number of nitrogens with zero attached hydrogens (tertiary/aromatic N) is 4. The van der Waals surface area contributed by atoms with Gasteiger partial charge >= 0.3 is 0 Å². The molecule has 0 aliphatic rings. The molecular formula is C20H21N5O2S. The molecule has 0 bridgehead atoms. The summed E-state index contributed by atoms with van der Waals surface area (Å²) < 4.78 is 3.45. The van der Waals surface area contributed by atoms with Gasteiger partial charge in [-0.3, -0.25) is 4.79 Å². The molecule has 1 amide bonds. The van der Waals surface area contributed by atoms with Gasteiger partial charge in [0.05, 0.1) is 17.7 Å². The van der Waals surface area contributed by atoms with E-state index in [1.165, 1.54) is 22.5 Å². The molecule has 3 aromatic heterocycles. The van der Waals surface area contributed by atoms with E-state index in [0.717, 1.165) is 11.3 Å². The van der Waals surface area contributed by atoms with Crippen LogP contribution in [0.4, 0.5) is 5.13 Å². The molecule has 0 unspecified atom stereocenters. The highest BCUT2D eigenvalue weighted by atomic mass is 32.1. The van der Waals surface area contributed by atoms with Crippen molar-refractivity contribution in [1.29, 1.82) is 0 Å². The lowest BCUT2D eigenvalue weighted by atomic mass is 10.1. The number of amides is 1. The molecule has 0 saturated carbocycles. The normalized spacial score (nSPS) is 11.3. The fraction of sp³-hybridized carbons (Fsp3) is 0.250. The number of thiazole rings is 1. The minimum Gasteiger partial charge on any atom is -0.504 e. The van der Waals surface area contributed by atoms with Gasteiger partial charge < -0.3 is 19.6 Å². The Balaban J connectivity index is 1.51. The highest BCUT2D eigenvalue weighted by Gasteiger charge is 2.18. The smallest absolute Gasteiger partial charge is 0.246 e. The summed E-state index contributed by atoms with van der Waals surface area (Å²) in [5.74, 6) is -0.0738. The van der Waals surface area contributed by atoms with Crippen LogP contribution in [0.25, 0.3) is 22.4 Å². The number of benzene rings is 1. The zero-order valence-electron chi connectivity index (χ0n) is 16.1. The van der Waals surface area contributed by atoms with Crippen molar-refractivity contribution in [2.24, 2.45) is 7.05 Å². The van der Waals surface area contributed by atoms with Gasteiger partial charge in [0, 0.05) is 18.0 Å². The van der Waals surface area contributed by atoms with Gasteiger partial charge in [0.1, 0.15) is 12.1 Å². The zero-order chi connectivity index (χ0) is 20.0. The maximum Gasteiger partial charge on any atom is 0.246 e. The van der Waals surface area contributed by atoms with Crippen LogP contribution >= 0.6 is 11.3 Å². The summed E-state index contributed by atoms with van der Waals surface area (Å²) in [5.41, 5.74) is 6.23. The third-order valence-electron chi connectivity index (χ3n) is 5.07. The Morgan fingerprint density at radius 2 is 2.04 bits per heavy atom. The van der Waals surface area contributed by atoms with Crippen LogP contribution in [-0.4, -0.2) is 30.1 Å². The summed E-state index contributed by atoms with van der Waals surface area (Å²) in [6, 6.07) is 6.20. The van der Waals surface area contributed by atoms with E-state index in [9.17, 15) is 9.90 Å². The Labute approximate surface area is 166 Å². The third kappa shape index (κ3) is 3.05. The van der Waals surface area contributed by atoms with Crippen LogP contribution in [0.2, 0.25) is 0 Å². The van der Waals surface area contributed by atoms with E-state index in [4.69, 9.17) is 0 Å². The van der Waals surface area contributed by atoms with E-state index in [1.54, 1.807) is 15.5 Å². The number of aryl methyl sites for hydroxylation is 3. The maximum atomic E-state index is 12.5. The van der Waals surface area contributed by atoms with E-state index in [2.05, 4.69) is 41.3 Å². The first-order valence-electron chi connectivity index (χ1n) is 8.87. The summed E-state index contributed by atoms with van der Waals surface area (Å²) in [5, 5.41) is 15.6. The molecule has 144 valence electrons. The molecule has 0 fully saturated rings. The highest BCUT2D eigenvalue weighted by molar-refractivity contribution is 7.14. The van der Waals surface area contributed by atoms with Gasteiger partial charge in [-0.1, -0.05) is 12.1 Å². The van der Waals surface area contributed by atoms with Crippen molar-refractivity contribution in [3.05, 3.63) is 46.7 Å². The molecular weight excluding hydrogens is 374 g/mol. The van der Waals surface area contributed by atoms with Crippen LogP contribution < -0.4 is 5.32 Å². The van der Waals surface area contributed by atoms with Crippen LogP contribution in [0.5, 0.6) is 5.75 Å². The minimum atomic E-state index is -0.221. The third-order valence-corrected chi connectivity index (χ3v) is 5.83. The predicted octanol–water partition coefficient (Wildman–Crippen LogP) is 3.77. The fourth-order valence-corrected chi connectivity index (χ4v) is 3.88. The number of fused-ring (bicyclic) bond motifs is 1. The molecule has 7 nitrogen and oxygen atoms in total. The van der Waals surface area contributed by atoms with Crippen molar-refractivity contribution >= 4 is 33.5 Å². The summed E-state index contributed by atoms with van der Waals surface area (Å²) >= 11 is 1.39. The van der Waals surface area contributed by atoms with Crippen molar-refractivity contribution < 1.29 is 9.90 Å². The van der Waals surface area contributed by atoms with Gasteiger partial charge in [-0.05, 0) is 38.0 Å². The number of carbonyl (C=O) groups is 1. The molecule has 0 saturated heterocycles. The van der Waals surface area contributed by atoms with Gasteiger partial charge in [0.25, 0.3) is 0 Å². The molecule has 2 N–H and O–H groups in total. The minimum absolute atomic E-state index is 0.0477. The van der Waals surface area contributed by atoms with E-state index >= 15 is 0 Å². The topological polar surface area (TPSA) is 85.0 Å². The van der Waals surface area contributed by atoms with Crippen LogP contribution in [-0.2, 0) is 18.4 Å². The summed E-state index contributed by atoms with van der Waals surface area (Å²) in [6.45, 7) is 6.00. The molecule has 1 aromatic carbocycles. The number of aromatic nitrogens is 4. The van der Waals surface area contributed by atoms with Crippen LogP contribution in [0.3, 0.4) is 0 Å². The average Bonchev–Trinajstić information content (AvgIpc) is 3.33. The largest absolute Gasteiger partial charge is 0.504 e. The Kier molecular flexibility index (Phi) is 4.43. The van der Waals surface area contributed by atoms with E-state index in [-0.39, 0.29) is 18.2 Å². The second-order valence-corrected chi connectivity index (χ2v) is 7.78. The molecule has 0 spiro atoms. The van der Waals surface area contributed by atoms with E-state index in [0.29, 0.717) is 22.0 Å². The SMILES string of the molecule is Cc1ccc(-c2csc(NC(=O)Cn3cnc4c3c(O)c(C)n4C)n2)cc1C. The number of rotatable bonds is 4. The molecule has 4 aromatic rings. The molecule has 0 atom stereocenters. The van der Waals surface area contributed by atoms with Crippen molar-refractivity contribution in [1.82, 2.24) is 19.1 Å². The quantitative estimate of drug-likeness (QED) is 0.551. The second-order valence-electron chi connectivity index (χ2n) is 6.92. The second kappa shape index (κ2) is 6.79. The van der Waals surface area contributed by atoms with Gasteiger partial charge in [0.2, 0.25) is 5.91 Å². The molecule has 0 aliphatic heterocycles. The summed E-state index contributed by atoms with van der Waals surface area (Å²) in [6.07, 6.45) is 1.56. The van der Waals surface area contributed by atoms with E-state index < -0.39 is 0 Å². The molecule has 0 radical (unpaired) electrons. The van der Waals surface area contributed by atoms with Gasteiger partial charge in [-0.15, -0.1) is 11.3 Å². The van der Waals surface area contributed by atoms with Crippen LogP contribution in [0.15, 0.2) is 29.9 Å². The zero-order valence-corrected chi connectivity index (χ0v) is 17.0. The van der Waals surface area contributed by atoms with Gasteiger partial charge in [-0.2, -0.15) is 0 Å². The van der Waals surface area contributed by atoms with Crippen molar-refractivity contribution in [2.45, 2.75) is 27.3 Å². The lowest BCUT2D eigenvalue weighted by Gasteiger charge is -2.04. The summed E-state index contributed by atoms with van der Waals surface area (Å²) in [4.78, 5) is 21.3. The molecule has 8 heteroatoms. The highest BCUT2D eigenvalue weighted by Crippen LogP contribution is 2.30. The number of aromatic hydroxyl groups is 1. The lowest BCUT2D eigenvalue weighted by molar-refractivity contribution is -0.116. The first kappa shape index (κ1) is 18.2. The average molecular weight is 395 g/mol. The standard InChI is InChI=1S/C20H21N5O2S/c1-11-5-6-14(7-12(11)2)15-9-28-20(22-15)23-16(26)8-25-10-21-19-17(25)18(27)13(3)24(19)4/h5-7,9-10,27H,8H2,1-4H3,(H,22,23,26). The predicted molar refractivity (Wildman–Crippen MR) is 111 cm³/mol. The number of nitrogens with one attached hydrogen (secondary N) is 1. The first-order valence-corrected chi connectivity index (χ1v) is 9.75. The van der Waals surface area contributed by atoms with Crippen molar-refractivity contribution in [2.75, 3.05) is 5.32 Å². The molecule has 0 aliphatic carbocycles. The Bertz CT molecular complexity index is 1200. The molecule has 4 rings (SSSR count). The van der Waals surface area contributed by atoms with Crippen LogP contribution in [0, 0.1) is 20.8 Å². The first-order chi connectivity index (χ1) is 13.3. The molecule has 28 heavy (non-hydrogen) atoms. The number of hydrogen-bond acceptors (Lipinski definition) is 5. The Morgan fingerprint density at radius 1 is 1.25 bits per heavy atom. The van der Waals surface area contributed by atoms with Gasteiger partial charge in [0.15, 0.2) is 16.5 Å². The number of hydrogen-bond donors (Lipinski definition) is 2. The fourth-order valence-electron chi connectivity index (χ4n) is 3.15. The van der Waals surface area contributed by atoms with Crippen molar-refractivity contribution in [3.63, 3.8) is 0 Å². The number of carbonyl (C=O) groups excluding carboxylic acids is 1.